The number of hydrogen-bond donors (Lipinski definition) is 0. The summed E-state index contributed by atoms with van der Waals surface area (Å²) in [6.07, 6.45) is 1.28. The summed E-state index contributed by atoms with van der Waals surface area (Å²) >= 11 is 0. The van der Waals surface area contributed by atoms with Crippen molar-refractivity contribution in [3.05, 3.63) is 35.4 Å². The molecule has 1 aromatic carbocycles. The molecule has 1 aliphatic rings. The van der Waals surface area contributed by atoms with Crippen LogP contribution in [0.2, 0.25) is 0 Å². The van der Waals surface area contributed by atoms with Crippen molar-refractivity contribution < 1.29 is 8.42 Å². The summed E-state index contributed by atoms with van der Waals surface area (Å²) in [4.78, 5) is 2.30. The van der Waals surface area contributed by atoms with Crippen LogP contribution in [0.15, 0.2) is 24.3 Å². The molecule has 1 fully saturated rings. The molecule has 5 heteroatoms. The highest BCUT2D eigenvalue weighted by molar-refractivity contribution is 7.88. The van der Waals surface area contributed by atoms with E-state index in [1.807, 2.05) is 13.8 Å². The Kier molecular flexibility index (Phi) is 6.65. The first kappa shape index (κ1) is 17.1. The van der Waals surface area contributed by atoms with Gasteiger partial charge in [-0.05, 0) is 12.5 Å². The number of rotatable bonds is 3. The summed E-state index contributed by atoms with van der Waals surface area (Å²) in [5, 5.41) is 0. The number of aryl methyl sites for hydroxylation is 1. The van der Waals surface area contributed by atoms with Crippen molar-refractivity contribution in [1.29, 1.82) is 0 Å². The third-order valence-electron chi connectivity index (χ3n) is 3.33. The van der Waals surface area contributed by atoms with Crippen LogP contribution in [-0.2, 0) is 16.6 Å². The third-order valence-corrected chi connectivity index (χ3v) is 4.63. The van der Waals surface area contributed by atoms with Gasteiger partial charge < -0.3 is 0 Å². The molecule has 2 rings (SSSR count). The van der Waals surface area contributed by atoms with Crippen LogP contribution < -0.4 is 0 Å². The van der Waals surface area contributed by atoms with Crippen molar-refractivity contribution in [3.8, 4) is 0 Å². The minimum atomic E-state index is -3.02. The summed E-state index contributed by atoms with van der Waals surface area (Å²) in [5.41, 5.74) is 2.55. The monoisotopic (exact) mass is 298 g/mol. The Balaban J connectivity index is 0.000000956. The lowest BCUT2D eigenvalue weighted by atomic mass is 10.1. The van der Waals surface area contributed by atoms with Crippen LogP contribution in [0.3, 0.4) is 0 Å². The maximum atomic E-state index is 11.4. The van der Waals surface area contributed by atoms with E-state index in [1.165, 1.54) is 17.4 Å². The zero-order valence-corrected chi connectivity index (χ0v) is 13.8. The lowest BCUT2D eigenvalue weighted by molar-refractivity contribution is 0.182. The Morgan fingerprint density at radius 2 is 1.50 bits per heavy atom. The van der Waals surface area contributed by atoms with Crippen LogP contribution in [0.25, 0.3) is 0 Å². The summed E-state index contributed by atoms with van der Waals surface area (Å²) in [5.74, 6) is 0. The van der Waals surface area contributed by atoms with Crippen molar-refractivity contribution in [2.45, 2.75) is 27.3 Å². The molecular weight excluding hydrogens is 272 g/mol. The summed E-state index contributed by atoms with van der Waals surface area (Å²) in [7, 11) is -3.02. The zero-order chi connectivity index (χ0) is 15.2. The number of sulfonamides is 1. The number of nitrogens with zero attached hydrogens (tertiary/aromatic N) is 2. The van der Waals surface area contributed by atoms with Crippen LogP contribution in [0, 0.1) is 6.92 Å². The van der Waals surface area contributed by atoms with Gasteiger partial charge in [0, 0.05) is 32.7 Å². The SMILES string of the molecule is CC.Cc1ccc(CN2CCN(S(C)(=O)=O)CC2)cc1. The second-order valence-corrected chi connectivity index (χ2v) is 6.91. The zero-order valence-electron chi connectivity index (χ0n) is 13.0. The fourth-order valence-electron chi connectivity index (χ4n) is 2.17. The fourth-order valence-corrected chi connectivity index (χ4v) is 3.00. The highest BCUT2D eigenvalue weighted by Crippen LogP contribution is 2.11. The van der Waals surface area contributed by atoms with E-state index in [9.17, 15) is 8.42 Å². The van der Waals surface area contributed by atoms with Gasteiger partial charge in [0.05, 0.1) is 6.26 Å². The van der Waals surface area contributed by atoms with Gasteiger partial charge in [-0.25, -0.2) is 8.42 Å². The lowest BCUT2D eigenvalue weighted by Crippen LogP contribution is -2.47. The molecule has 0 N–H and O–H groups in total. The molecular formula is C15H26N2O2S. The van der Waals surface area contributed by atoms with Crippen molar-refractivity contribution in [2.75, 3.05) is 32.4 Å². The number of hydrogen-bond acceptors (Lipinski definition) is 3. The van der Waals surface area contributed by atoms with E-state index in [4.69, 9.17) is 0 Å². The molecule has 20 heavy (non-hydrogen) atoms. The van der Waals surface area contributed by atoms with Crippen LogP contribution in [0.1, 0.15) is 25.0 Å². The first-order valence-electron chi connectivity index (χ1n) is 7.18. The fraction of sp³-hybridized carbons (Fsp3) is 0.600. The largest absolute Gasteiger partial charge is 0.296 e. The second-order valence-electron chi connectivity index (χ2n) is 4.92. The number of piperazine rings is 1. The molecule has 0 aliphatic carbocycles. The normalized spacial score (nSPS) is 17.4. The first-order chi connectivity index (χ1) is 9.45. The topological polar surface area (TPSA) is 40.6 Å². The molecule has 4 nitrogen and oxygen atoms in total. The molecule has 0 bridgehead atoms. The molecule has 0 aromatic heterocycles. The maximum Gasteiger partial charge on any atom is 0.211 e. The molecule has 1 aliphatic heterocycles. The van der Waals surface area contributed by atoms with Crippen molar-refractivity contribution in [1.82, 2.24) is 9.21 Å². The van der Waals surface area contributed by atoms with Gasteiger partial charge in [-0.15, -0.1) is 0 Å². The summed E-state index contributed by atoms with van der Waals surface area (Å²) < 4.78 is 24.3. The average Bonchev–Trinajstić information content (AvgIpc) is 2.43. The molecule has 0 unspecified atom stereocenters. The van der Waals surface area contributed by atoms with Gasteiger partial charge in [-0.1, -0.05) is 43.7 Å². The van der Waals surface area contributed by atoms with Crippen LogP contribution in [0.5, 0.6) is 0 Å². The van der Waals surface area contributed by atoms with Crippen LogP contribution >= 0.6 is 0 Å². The van der Waals surface area contributed by atoms with E-state index >= 15 is 0 Å². The molecule has 1 heterocycles. The maximum absolute atomic E-state index is 11.4. The second kappa shape index (κ2) is 7.76. The predicted octanol–water partition coefficient (Wildman–Crippen LogP) is 2.10. The van der Waals surface area contributed by atoms with Crippen LogP contribution in [0.4, 0.5) is 0 Å². The average molecular weight is 298 g/mol. The molecule has 0 saturated carbocycles. The smallest absolute Gasteiger partial charge is 0.211 e. The molecule has 0 atom stereocenters. The van der Waals surface area contributed by atoms with E-state index in [0.717, 1.165) is 19.6 Å². The highest BCUT2D eigenvalue weighted by atomic mass is 32.2. The van der Waals surface area contributed by atoms with Gasteiger partial charge in [0.2, 0.25) is 10.0 Å². The Hall–Kier alpha value is -0.910. The molecule has 1 saturated heterocycles. The molecule has 114 valence electrons. The van der Waals surface area contributed by atoms with Crippen LogP contribution in [-0.4, -0.2) is 50.1 Å². The Morgan fingerprint density at radius 3 is 1.95 bits per heavy atom. The molecule has 1 aromatic rings. The molecule has 0 spiro atoms. The summed E-state index contributed by atoms with van der Waals surface area (Å²) in [6, 6.07) is 8.50. The van der Waals surface area contributed by atoms with E-state index in [2.05, 4.69) is 36.1 Å². The van der Waals surface area contributed by atoms with E-state index < -0.39 is 10.0 Å². The van der Waals surface area contributed by atoms with E-state index in [0.29, 0.717) is 13.1 Å². The standard InChI is InChI=1S/C13H20N2O2S.C2H6/c1-12-3-5-13(6-4-12)11-14-7-9-15(10-8-14)18(2,16)17;1-2/h3-6H,7-11H2,1-2H3;1-2H3. The van der Waals surface area contributed by atoms with Crippen molar-refractivity contribution >= 4 is 10.0 Å². The van der Waals surface area contributed by atoms with Crippen molar-refractivity contribution in [3.63, 3.8) is 0 Å². The van der Waals surface area contributed by atoms with Crippen molar-refractivity contribution in [2.24, 2.45) is 0 Å². The van der Waals surface area contributed by atoms with Gasteiger partial charge in [-0.2, -0.15) is 4.31 Å². The lowest BCUT2D eigenvalue weighted by Gasteiger charge is -2.33. The minimum Gasteiger partial charge on any atom is -0.296 e. The predicted molar refractivity (Wildman–Crippen MR) is 84.2 cm³/mol. The quantitative estimate of drug-likeness (QED) is 0.858. The third kappa shape index (κ3) is 5.23. The highest BCUT2D eigenvalue weighted by Gasteiger charge is 2.22. The van der Waals surface area contributed by atoms with E-state index in [-0.39, 0.29) is 0 Å². The number of benzene rings is 1. The van der Waals surface area contributed by atoms with Gasteiger partial charge in [0.25, 0.3) is 0 Å². The molecule has 0 amide bonds. The van der Waals surface area contributed by atoms with Gasteiger partial charge in [-0.3, -0.25) is 4.90 Å². The first-order valence-corrected chi connectivity index (χ1v) is 9.03. The molecule has 0 radical (unpaired) electrons. The summed E-state index contributed by atoms with van der Waals surface area (Å²) in [6.45, 7) is 9.80. The van der Waals surface area contributed by atoms with Gasteiger partial charge >= 0.3 is 0 Å². The minimum absolute atomic E-state index is 0.602. The van der Waals surface area contributed by atoms with Gasteiger partial charge in [0.15, 0.2) is 0 Å². The van der Waals surface area contributed by atoms with Gasteiger partial charge in [0.1, 0.15) is 0 Å². The Labute approximate surface area is 123 Å². The Morgan fingerprint density at radius 1 is 1.00 bits per heavy atom. The van der Waals surface area contributed by atoms with E-state index in [1.54, 1.807) is 4.31 Å². The Bertz CT molecular complexity index is 489.